The Balaban J connectivity index is 2.63. The van der Waals surface area contributed by atoms with Crippen LogP contribution >= 0.6 is 15.9 Å². The number of aromatic amines is 1. The molecule has 0 aliphatic carbocycles. The SMILES string of the molecule is Cc1cc(-c2cccc(Br)c2F)c[nH]c1=O. The molecule has 0 atom stereocenters. The Kier molecular flexibility index (Phi) is 2.92. The van der Waals surface area contributed by atoms with E-state index in [1.807, 2.05) is 0 Å². The van der Waals surface area contributed by atoms with Crippen LogP contribution in [0.15, 0.2) is 39.7 Å². The second-order valence-corrected chi connectivity index (χ2v) is 4.36. The number of rotatable bonds is 1. The molecule has 0 fully saturated rings. The summed E-state index contributed by atoms with van der Waals surface area (Å²) >= 11 is 3.13. The molecule has 82 valence electrons. The Hall–Kier alpha value is -1.42. The average Bonchev–Trinajstić information content (AvgIpc) is 2.26. The topological polar surface area (TPSA) is 32.9 Å². The standard InChI is InChI=1S/C12H9BrFNO/c1-7-5-8(6-15-12(7)16)9-3-2-4-10(13)11(9)14/h2-6H,1H3,(H,15,16). The first-order chi connectivity index (χ1) is 7.59. The summed E-state index contributed by atoms with van der Waals surface area (Å²) < 4.78 is 14.2. The third-order valence-corrected chi connectivity index (χ3v) is 2.96. The van der Waals surface area contributed by atoms with Crippen LogP contribution in [0.4, 0.5) is 4.39 Å². The highest BCUT2D eigenvalue weighted by molar-refractivity contribution is 9.10. The monoisotopic (exact) mass is 281 g/mol. The smallest absolute Gasteiger partial charge is 0.250 e. The van der Waals surface area contributed by atoms with Gasteiger partial charge in [-0.25, -0.2) is 4.39 Å². The second-order valence-electron chi connectivity index (χ2n) is 3.50. The molecule has 1 aromatic carbocycles. The van der Waals surface area contributed by atoms with E-state index >= 15 is 0 Å². The number of benzene rings is 1. The fourth-order valence-electron chi connectivity index (χ4n) is 1.48. The molecule has 2 nitrogen and oxygen atoms in total. The minimum atomic E-state index is -0.325. The maximum atomic E-state index is 13.8. The second kappa shape index (κ2) is 4.22. The lowest BCUT2D eigenvalue weighted by Crippen LogP contribution is -2.08. The fraction of sp³-hybridized carbons (Fsp3) is 0.0833. The molecule has 0 saturated carbocycles. The highest BCUT2D eigenvalue weighted by Gasteiger charge is 2.08. The van der Waals surface area contributed by atoms with Gasteiger partial charge in [0.15, 0.2) is 0 Å². The first-order valence-electron chi connectivity index (χ1n) is 4.73. The van der Waals surface area contributed by atoms with Crippen molar-refractivity contribution in [2.45, 2.75) is 6.92 Å². The number of H-pyrrole nitrogens is 1. The number of aromatic nitrogens is 1. The molecule has 0 saturated heterocycles. The van der Waals surface area contributed by atoms with Crippen molar-refractivity contribution in [3.63, 3.8) is 0 Å². The largest absolute Gasteiger partial charge is 0.328 e. The van der Waals surface area contributed by atoms with E-state index in [2.05, 4.69) is 20.9 Å². The zero-order chi connectivity index (χ0) is 11.7. The summed E-state index contributed by atoms with van der Waals surface area (Å²) in [6.45, 7) is 1.69. The number of pyridine rings is 1. The van der Waals surface area contributed by atoms with Crippen molar-refractivity contribution < 1.29 is 4.39 Å². The van der Waals surface area contributed by atoms with Crippen LogP contribution in [0.2, 0.25) is 0 Å². The summed E-state index contributed by atoms with van der Waals surface area (Å²) in [5, 5.41) is 0. The highest BCUT2D eigenvalue weighted by atomic mass is 79.9. The van der Waals surface area contributed by atoms with Crippen LogP contribution in [0.3, 0.4) is 0 Å². The number of halogens is 2. The molecule has 1 N–H and O–H groups in total. The van der Waals surface area contributed by atoms with E-state index in [0.717, 1.165) is 0 Å². The Bertz CT molecular complexity index is 592. The van der Waals surface area contributed by atoms with Gasteiger partial charge in [0.25, 0.3) is 5.56 Å². The first kappa shape index (κ1) is 11.1. The molecule has 0 aliphatic heterocycles. The van der Waals surface area contributed by atoms with Crippen molar-refractivity contribution >= 4 is 15.9 Å². The van der Waals surface area contributed by atoms with E-state index in [0.29, 0.717) is 21.2 Å². The maximum Gasteiger partial charge on any atom is 0.250 e. The molecular weight excluding hydrogens is 273 g/mol. The minimum Gasteiger partial charge on any atom is -0.328 e. The van der Waals surface area contributed by atoms with Gasteiger partial charge in [-0.2, -0.15) is 0 Å². The van der Waals surface area contributed by atoms with Crippen LogP contribution in [0.25, 0.3) is 11.1 Å². The lowest BCUT2D eigenvalue weighted by molar-refractivity contribution is 0.624. The molecule has 1 aromatic heterocycles. The summed E-state index contributed by atoms with van der Waals surface area (Å²) in [5.74, 6) is -0.325. The van der Waals surface area contributed by atoms with Crippen LogP contribution in [0.1, 0.15) is 5.56 Å². The van der Waals surface area contributed by atoms with E-state index in [4.69, 9.17) is 0 Å². The summed E-state index contributed by atoms with van der Waals surface area (Å²) in [6, 6.07) is 6.73. The Morgan fingerprint density at radius 2 is 2.12 bits per heavy atom. The van der Waals surface area contributed by atoms with Gasteiger partial charge in [-0.05, 0) is 35.0 Å². The number of hydrogen-bond donors (Lipinski definition) is 1. The molecule has 1 heterocycles. The quantitative estimate of drug-likeness (QED) is 0.855. The van der Waals surface area contributed by atoms with Crippen LogP contribution in [0, 0.1) is 12.7 Å². The minimum absolute atomic E-state index is 0.154. The Morgan fingerprint density at radius 1 is 1.38 bits per heavy atom. The molecule has 0 unspecified atom stereocenters. The Labute approximate surface area is 100 Å². The predicted molar refractivity (Wildman–Crippen MR) is 64.9 cm³/mol. The van der Waals surface area contributed by atoms with Crippen molar-refractivity contribution in [3.05, 3.63) is 56.7 Å². The van der Waals surface area contributed by atoms with Crippen LogP contribution < -0.4 is 5.56 Å². The molecular formula is C12H9BrFNO. The average molecular weight is 282 g/mol. The summed E-state index contributed by atoms with van der Waals surface area (Å²) in [6.07, 6.45) is 1.51. The van der Waals surface area contributed by atoms with Gasteiger partial charge in [0.2, 0.25) is 0 Å². The molecule has 0 bridgehead atoms. The summed E-state index contributed by atoms with van der Waals surface area (Å²) in [5.41, 5.74) is 1.54. The van der Waals surface area contributed by atoms with Gasteiger partial charge in [-0.3, -0.25) is 4.79 Å². The zero-order valence-corrected chi connectivity index (χ0v) is 10.1. The van der Waals surface area contributed by atoms with Crippen molar-refractivity contribution in [2.75, 3.05) is 0 Å². The van der Waals surface area contributed by atoms with Crippen LogP contribution in [0.5, 0.6) is 0 Å². The van der Waals surface area contributed by atoms with Crippen LogP contribution in [-0.2, 0) is 0 Å². The van der Waals surface area contributed by atoms with Crippen molar-refractivity contribution in [2.24, 2.45) is 0 Å². The van der Waals surface area contributed by atoms with E-state index < -0.39 is 0 Å². The zero-order valence-electron chi connectivity index (χ0n) is 8.55. The van der Waals surface area contributed by atoms with E-state index in [1.54, 1.807) is 31.2 Å². The normalized spacial score (nSPS) is 10.4. The maximum absolute atomic E-state index is 13.8. The molecule has 4 heteroatoms. The van der Waals surface area contributed by atoms with Gasteiger partial charge in [0, 0.05) is 22.9 Å². The Morgan fingerprint density at radius 3 is 2.81 bits per heavy atom. The van der Waals surface area contributed by atoms with Crippen molar-refractivity contribution in [3.8, 4) is 11.1 Å². The number of hydrogen-bond acceptors (Lipinski definition) is 1. The van der Waals surface area contributed by atoms with Gasteiger partial charge in [0.1, 0.15) is 5.82 Å². The van der Waals surface area contributed by atoms with Crippen LogP contribution in [-0.4, -0.2) is 4.98 Å². The predicted octanol–water partition coefficient (Wildman–Crippen LogP) is 3.25. The molecule has 16 heavy (non-hydrogen) atoms. The van der Waals surface area contributed by atoms with Gasteiger partial charge >= 0.3 is 0 Å². The van der Waals surface area contributed by atoms with E-state index in [1.165, 1.54) is 6.20 Å². The lowest BCUT2D eigenvalue weighted by Gasteiger charge is -2.05. The van der Waals surface area contributed by atoms with Crippen molar-refractivity contribution in [1.29, 1.82) is 0 Å². The van der Waals surface area contributed by atoms with Gasteiger partial charge in [0.05, 0.1) is 4.47 Å². The molecule has 0 radical (unpaired) electrons. The lowest BCUT2D eigenvalue weighted by atomic mass is 10.1. The summed E-state index contributed by atoms with van der Waals surface area (Å²) in [4.78, 5) is 13.8. The third-order valence-electron chi connectivity index (χ3n) is 2.35. The van der Waals surface area contributed by atoms with E-state index in [-0.39, 0.29) is 11.4 Å². The molecule has 2 rings (SSSR count). The molecule has 0 amide bonds. The fourth-order valence-corrected chi connectivity index (χ4v) is 1.85. The van der Waals surface area contributed by atoms with Crippen molar-refractivity contribution in [1.82, 2.24) is 4.98 Å². The molecule has 0 spiro atoms. The molecule has 2 aromatic rings. The molecule has 0 aliphatic rings. The summed E-state index contributed by atoms with van der Waals surface area (Å²) in [7, 11) is 0. The first-order valence-corrected chi connectivity index (χ1v) is 5.52. The van der Waals surface area contributed by atoms with E-state index in [9.17, 15) is 9.18 Å². The highest BCUT2D eigenvalue weighted by Crippen LogP contribution is 2.27. The van der Waals surface area contributed by atoms with Gasteiger partial charge in [-0.1, -0.05) is 12.1 Å². The van der Waals surface area contributed by atoms with Gasteiger partial charge < -0.3 is 4.98 Å². The van der Waals surface area contributed by atoms with Gasteiger partial charge in [-0.15, -0.1) is 0 Å². The number of aryl methyl sites for hydroxylation is 1. The third kappa shape index (κ3) is 1.93. The number of nitrogens with one attached hydrogen (secondary N) is 1.